The van der Waals surface area contributed by atoms with E-state index in [-0.39, 0.29) is 17.9 Å². The molecular formula is C15H13NO4. The lowest BCUT2D eigenvalue weighted by atomic mass is 10.00. The van der Waals surface area contributed by atoms with Crippen LogP contribution in [0.2, 0.25) is 0 Å². The van der Waals surface area contributed by atoms with Crippen LogP contribution < -0.4 is 0 Å². The summed E-state index contributed by atoms with van der Waals surface area (Å²) in [6.45, 7) is 0. The van der Waals surface area contributed by atoms with E-state index in [2.05, 4.69) is 0 Å². The normalized spacial score (nSPS) is 11.8. The Hall–Kier alpha value is -2.53. The van der Waals surface area contributed by atoms with Crippen LogP contribution in [0.1, 0.15) is 28.4 Å². The first-order valence-electron chi connectivity index (χ1n) is 6.08. The Morgan fingerprint density at radius 3 is 2.50 bits per heavy atom. The molecule has 0 aliphatic rings. The summed E-state index contributed by atoms with van der Waals surface area (Å²) in [6, 6.07) is 14.3. The van der Waals surface area contributed by atoms with Crippen molar-refractivity contribution in [3.05, 3.63) is 75.8 Å². The number of aliphatic hydroxyl groups excluding tert-OH is 1. The second-order valence-electron chi connectivity index (χ2n) is 4.36. The van der Waals surface area contributed by atoms with Crippen LogP contribution in [0.5, 0.6) is 0 Å². The van der Waals surface area contributed by atoms with E-state index in [1.165, 1.54) is 18.2 Å². The molecule has 0 amide bonds. The highest BCUT2D eigenvalue weighted by atomic mass is 16.6. The van der Waals surface area contributed by atoms with E-state index in [1.54, 1.807) is 36.4 Å². The average Bonchev–Trinajstić information content (AvgIpc) is 2.48. The number of hydrogen-bond acceptors (Lipinski definition) is 4. The van der Waals surface area contributed by atoms with Crippen molar-refractivity contribution >= 4 is 11.5 Å². The predicted molar refractivity (Wildman–Crippen MR) is 73.4 cm³/mol. The van der Waals surface area contributed by atoms with Crippen molar-refractivity contribution in [3.8, 4) is 0 Å². The summed E-state index contributed by atoms with van der Waals surface area (Å²) in [5.41, 5.74) is 0.772. The van der Waals surface area contributed by atoms with Crippen LogP contribution in [0, 0.1) is 10.1 Å². The highest BCUT2D eigenvalue weighted by Crippen LogP contribution is 2.22. The minimum absolute atomic E-state index is 0.103. The Morgan fingerprint density at radius 1 is 1.15 bits per heavy atom. The Morgan fingerprint density at radius 2 is 1.85 bits per heavy atom. The zero-order chi connectivity index (χ0) is 14.5. The van der Waals surface area contributed by atoms with Crippen molar-refractivity contribution in [2.24, 2.45) is 0 Å². The molecule has 1 atom stereocenters. The number of rotatable bonds is 5. The quantitative estimate of drug-likeness (QED) is 0.515. The summed E-state index contributed by atoms with van der Waals surface area (Å²) in [6.07, 6.45) is -1.16. The number of nitrogens with zero attached hydrogens (tertiary/aromatic N) is 1. The molecule has 0 spiro atoms. The van der Waals surface area contributed by atoms with E-state index in [0.29, 0.717) is 11.1 Å². The van der Waals surface area contributed by atoms with Gasteiger partial charge in [0.15, 0.2) is 5.78 Å². The molecule has 5 nitrogen and oxygen atoms in total. The van der Waals surface area contributed by atoms with E-state index in [9.17, 15) is 20.0 Å². The van der Waals surface area contributed by atoms with E-state index < -0.39 is 11.0 Å². The summed E-state index contributed by atoms with van der Waals surface area (Å²) in [4.78, 5) is 22.1. The number of Topliss-reactive ketones (excluding diaryl/α,β-unsaturated/α-hetero) is 1. The van der Waals surface area contributed by atoms with Gasteiger partial charge in [-0.15, -0.1) is 0 Å². The second kappa shape index (κ2) is 6.08. The van der Waals surface area contributed by atoms with Gasteiger partial charge in [0.05, 0.1) is 11.0 Å². The number of carbonyl (C=O) groups is 1. The van der Waals surface area contributed by atoms with Crippen molar-refractivity contribution < 1.29 is 14.8 Å². The molecule has 2 rings (SSSR count). The first-order chi connectivity index (χ1) is 9.58. The van der Waals surface area contributed by atoms with Crippen LogP contribution in [0.4, 0.5) is 5.69 Å². The Labute approximate surface area is 115 Å². The lowest BCUT2D eigenvalue weighted by Crippen LogP contribution is -2.07. The molecule has 0 bridgehead atoms. The number of non-ortho nitro benzene ring substituents is 1. The number of hydrogen-bond donors (Lipinski definition) is 1. The van der Waals surface area contributed by atoms with E-state index in [1.807, 2.05) is 0 Å². The number of ketones is 1. The van der Waals surface area contributed by atoms with Gasteiger partial charge in [-0.2, -0.15) is 0 Å². The third kappa shape index (κ3) is 3.27. The first kappa shape index (κ1) is 13.9. The molecule has 0 aliphatic heterocycles. The largest absolute Gasteiger partial charge is 0.388 e. The zero-order valence-electron chi connectivity index (χ0n) is 10.6. The maximum Gasteiger partial charge on any atom is 0.269 e. The van der Waals surface area contributed by atoms with Gasteiger partial charge < -0.3 is 5.11 Å². The summed E-state index contributed by atoms with van der Waals surface area (Å²) in [7, 11) is 0. The third-order valence-corrected chi connectivity index (χ3v) is 2.94. The second-order valence-corrected chi connectivity index (χ2v) is 4.36. The molecule has 20 heavy (non-hydrogen) atoms. The molecule has 0 aliphatic carbocycles. The molecule has 0 aromatic heterocycles. The van der Waals surface area contributed by atoms with Crippen molar-refractivity contribution in [1.29, 1.82) is 0 Å². The van der Waals surface area contributed by atoms with Crippen molar-refractivity contribution in [3.63, 3.8) is 0 Å². The van der Waals surface area contributed by atoms with Crippen LogP contribution in [0.3, 0.4) is 0 Å². The van der Waals surface area contributed by atoms with Gasteiger partial charge in [-0.1, -0.05) is 42.5 Å². The predicted octanol–water partition coefficient (Wildman–Crippen LogP) is 2.90. The number of carbonyl (C=O) groups excluding carboxylic acids is 1. The monoisotopic (exact) mass is 271 g/mol. The Kier molecular flexibility index (Phi) is 4.22. The smallest absolute Gasteiger partial charge is 0.269 e. The van der Waals surface area contributed by atoms with Gasteiger partial charge in [-0.3, -0.25) is 14.9 Å². The van der Waals surface area contributed by atoms with Gasteiger partial charge in [0, 0.05) is 24.1 Å². The minimum atomic E-state index is -1.05. The SMILES string of the molecule is O=C(C[C@@H](O)c1cccc([N+](=O)[O-])c1)c1ccccc1. The highest BCUT2D eigenvalue weighted by molar-refractivity contribution is 5.96. The van der Waals surface area contributed by atoms with Gasteiger partial charge in [-0.05, 0) is 5.56 Å². The summed E-state index contributed by atoms with van der Waals surface area (Å²) < 4.78 is 0. The maximum absolute atomic E-state index is 12.0. The molecule has 0 saturated heterocycles. The molecule has 5 heteroatoms. The maximum atomic E-state index is 12.0. The molecule has 2 aromatic carbocycles. The van der Waals surface area contributed by atoms with Crippen LogP contribution in [-0.4, -0.2) is 15.8 Å². The fourth-order valence-electron chi connectivity index (χ4n) is 1.88. The van der Waals surface area contributed by atoms with Crippen LogP contribution in [0.25, 0.3) is 0 Å². The molecule has 1 N–H and O–H groups in total. The fraction of sp³-hybridized carbons (Fsp3) is 0.133. The molecule has 0 radical (unpaired) electrons. The standard InChI is InChI=1S/C15H13NO4/c17-14(11-5-2-1-3-6-11)10-15(18)12-7-4-8-13(9-12)16(19)20/h1-9,15,18H,10H2/t15-/m1/s1. The van der Waals surface area contributed by atoms with Crippen LogP contribution in [-0.2, 0) is 0 Å². The zero-order valence-corrected chi connectivity index (χ0v) is 10.6. The average molecular weight is 271 g/mol. The number of nitro benzene ring substituents is 1. The first-order valence-corrected chi connectivity index (χ1v) is 6.08. The third-order valence-electron chi connectivity index (χ3n) is 2.94. The number of benzene rings is 2. The van der Waals surface area contributed by atoms with Crippen molar-refractivity contribution in [1.82, 2.24) is 0 Å². The molecule has 0 saturated carbocycles. The summed E-state index contributed by atoms with van der Waals surface area (Å²) in [5.74, 6) is -0.204. The van der Waals surface area contributed by atoms with Gasteiger partial charge in [0.2, 0.25) is 0 Å². The molecule has 0 heterocycles. The van der Waals surface area contributed by atoms with Crippen molar-refractivity contribution in [2.45, 2.75) is 12.5 Å². The summed E-state index contributed by atoms with van der Waals surface area (Å²) >= 11 is 0. The highest BCUT2D eigenvalue weighted by Gasteiger charge is 2.16. The number of aliphatic hydroxyl groups is 1. The van der Waals surface area contributed by atoms with Gasteiger partial charge in [0.25, 0.3) is 5.69 Å². The molecule has 2 aromatic rings. The minimum Gasteiger partial charge on any atom is -0.388 e. The van der Waals surface area contributed by atoms with E-state index in [0.717, 1.165) is 0 Å². The summed E-state index contributed by atoms with van der Waals surface area (Å²) in [5, 5.41) is 20.7. The van der Waals surface area contributed by atoms with Gasteiger partial charge in [-0.25, -0.2) is 0 Å². The van der Waals surface area contributed by atoms with Gasteiger partial charge in [0.1, 0.15) is 0 Å². The number of nitro groups is 1. The van der Waals surface area contributed by atoms with E-state index >= 15 is 0 Å². The topological polar surface area (TPSA) is 80.4 Å². The van der Waals surface area contributed by atoms with Gasteiger partial charge >= 0.3 is 0 Å². The fourth-order valence-corrected chi connectivity index (χ4v) is 1.88. The van der Waals surface area contributed by atoms with Crippen LogP contribution >= 0.6 is 0 Å². The molecule has 0 fully saturated rings. The molecule has 102 valence electrons. The lowest BCUT2D eigenvalue weighted by Gasteiger charge is -2.10. The van der Waals surface area contributed by atoms with E-state index in [4.69, 9.17) is 0 Å². The Bertz CT molecular complexity index is 625. The lowest BCUT2D eigenvalue weighted by molar-refractivity contribution is -0.385. The Balaban J connectivity index is 2.12. The molecular weight excluding hydrogens is 258 g/mol. The van der Waals surface area contributed by atoms with Crippen LogP contribution in [0.15, 0.2) is 54.6 Å². The van der Waals surface area contributed by atoms with Crippen molar-refractivity contribution in [2.75, 3.05) is 0 Å². The molecule has 0 unspecified atom stereocenters.